The Balaban J connectivity index is 2.82. The van der Waals surface area contributed by atoms with Gasteiger partial charge in [0.15, 0.2) is 0 Å². The fourth-order valence-electron chi connectivity index (χ4n) is 1.50. The zero-order chi connectivity index (χ0) is 12.0. The monoisotopic (exact) mass is 213 g/mol. The van der Waals surface area contributed by atoms with E-state index in [1.807, 2.05) is 26.1 Å². The third-order valence-electron chi connectivity index (χ3n) is 2.50. The molecule has 0 heterocycles. The van der Waals surface area contributed by atoms with Crippen molar-refractivity contribution in [2.24, 2.45) is 0 Å². The summed E-state index contributed by atoms with van der Waals surface area (Å²) in [5.41, 5.74) is 4.74. The molecule has 0 atom stereocenters. The molecule has 0 bridgehead atoms. The van der Waals surface area contributed by atoms with Gasteiger partial charge in [-0.1, -0.05) is 43.0 Å². The Morgan fingerprint density at radius 2 is 1.94 bits per heavy atom. The molecule has 1 aromatic carbocycles. The first-order valence-corrected chi connectivity index (χ1v) is 5.41. The molecule has 0 aliphatic carbocycles. The first kappa shape index (κ1) is 12.3. The average Bonchev–Trinajstić information content (AvgIpc) is 2.29. The van der Waals surface area contributed by atoms with E-state index in [1.165, 1.54) is 11.1 Å². The Kier molecular flexibility index (Phi) is 4.59. The predicted octanol–water partition coefficient (Wildman–Crippen LogP) is 3.96. The second-order valence-corrected chi connectivity index (χ2v) is 3.83. The van der Waals surface area contributed by atoms with Crippen LogP contribution in [0.1, 0.15) is 12.5 Å². The van der Waals surface area contributed by atoms with Crippen LogP contribution >= 0.6 is 0 Å². The first-order chi connectivity index (χ1) is 7.67. The lowest BCUT2D eigenvalue weighted by molar-refractivity contribution is 1.15. The van der Waals surface area contributed by atoms with E-state index in [9.17, 15) is 0 Å². The van der Waals surface area contributed by atoms with Crippen molar-refractivity contribution in [3.63, 3.8) is 0 Å². The van der Waals surface area contributed by atoms with Crippen molar-refractivity contribution in [3.05, 3.63) is 66.3 Å². The van der Waals surface area contributed by atoms with E-state index >= 15 is 0 Å². The molecular weight excluding hydrogens is 194 g/mol. The van der Waals surface area contributed by atoms with Crippen LogP contribution < -0.4 is 5.32 Å². The molecule has 1 aromatic rings. The number of nitrogens with one attached hydrogen (secondary N) is 1. The molecule has 0 aliphatic heterocycles. The van der Waals surface area contributed by atoms with Crippen molar-refractivity contribution in [3.8, 4) is 0 Å². The lowest BCUT2D eigenvalue weighted by Crippen LogP contribution is -1.93. The van der Waals surface area contributed by atoms with Crippen molar-refractivity contribution in [2.75, 3.05) is 12.4 Å². The van der Waals surface area contributed by atoms with Gasteiger partial charge in [0.05, 0.1) is 0 Å². The van der Waals surface area contributed by atoms with Gasteiger partial charge in [-0.2, -0.15) is 0 Å². The van der Waals surface area contributed by atoms with Gasteiger partial charge in [0.1, 0.15) is 0 Å². The van der Waals surface area contributed by atoms with Gasteiger partial charge < -0.3 is 5.32 Å². The van der Waals surface area contributed by atoms with Crippen LogP contribution in [0.25, 0.3) is 0 Å². The summed E-state index contributed by atoms with van der Waals surface area (Å²) in [6.07, 6.45) is 4.74. The minimum Gasteiger partial charge on any atom is -0.388 e. The number of hydrogen-bond donors (Lipinski definition) is 1. The molecule has 0 fully saturated rings. The van der Waals surface area contributed by atoms with E-state index in [0.29, 0.717) is 0 Å². The summed E-state index contributed by atoms with van der Waals surface area (Å²) in [6.45, 7) is 9.73. The van der Waals surface area contributed by atoms with Crippen LogP contribution in [0.2, 0.25) is 0 Å². The van der Waals surface area contributed by atoms with Crippen LogP contribution in [-0.4, -0.2) is 7.05 Å². The fourth-order valence-corrected chi connectivity index (χ4v) is 1.50. The second kappa shape index (κ2) is 5.96. The molecule has 0 amide bonds. The van der Waals surface area contributed by atoms with E-state index in [2.05, 4.69) is 42.7 Å². The maximum absolute atomic E-state index is 3.98. The molecule has 16 heavy (non-hydrogen) atoms. The molecule has 0 aliphatic rings. The Labute approximate surface area is 98.2 Å². The summed E-state index contributed by atoms with van der Waals surface area (Å²) in [5.74, 6) is 0. The number of benzene rings is 1. The average molecular weight is 213 g/mol. The highest BCUT2D eigenvalue weighted by molar-refractivity contribution is 5.45. The van der Waals surface area contributed by atoms with Crippen LogP contribution in [0.15, 0.2) is 60.7 Å². The summed E-state index contributed by atoms with van der Waals surface area (Å²) in [4.78, 5) is 0. The molecule has 0 saturated heterocycles. The number of anilines is 1. The predicted molar refractivity (Wildman–Crippen MR) is 72.8 cm³/mol. The highest BCUT2D eigenvalue weighted by atomic mass is 14.8. The standard InChI is InChI=1S/C15H19N/c1-5-6-14(12(2)3)11-13-7-9-15(16-4)10-8-13/h5-10,16H,1-2,11H2,3-4H3/b14-6-. The van der Waals surface area contributed by atoms with Crippen LogP contribution in [0.4, 0.5) is 5.69 Å². The zero-order valence-corrected chi connectivity index (χ0v) is 10.1. The molecule has 1 heteroatoms. The number of hydrogen-bond acceptors (Lipinski definition) is 1. The third kappa shape index (κ3) is 3.43. The minimum atomic E-state index is 0.908. The molecule has 0 unspecified atom stereocenters. The first-order valence-electron chi connectivity index (χ1n) is 5.41. The van der Waals surface area contributed by atoms with Crippen molar-refractivity contribution < 1.29 is 0 Å². The van der Waals surface area contributed by atoms with E-state index in [-0.39, 0.29) is 0 Å². The second-order valence-electron chi connectivity index (χ2n) is 3.83. The smallest absolute Gasteiger partial charge is 0.0337 e. The highest BCUT2D eigenvalue weighted by Crippen LogP contribution is 2.16. The lowest BCUT2D eigenvalue weighted by atomic mass is 9.99. The maximum atomic E-state index is 3.98. The van der Waals surface area contributed by atoms with Gasteiger partial charge in [0.25, 0.3) is 0 Å². The molecule has 1 N–H and O–H groups in total. The van der Waals surface area contributed by atoms with Gasteiger partial charge in [-0.25, -0.2) is 0 Å². The summed E-state index contributed by atoms with van der Waals surface area (Å²) in [5, 5.41) is 3.11. The minimum absolute atomic E-state index is 0.908. The van der Waals surface area contributed by atoms with Gasteiger partial charge in [0, 0.05) is 12.7 Å². The van der Waals surface area contributed by atoms with Gasteiger partial charge in [-0.3, -0.25) is 0 Å². The molecule has 0 aromatic heterocycles. The van der Waals surface area contributed by atoms with E-state index in [1.54, 1.807) is 0 Å². The van der Waals surface area contributed by atoms with Gasteiger partial charge in [0.2, 0.25) is 0 Å². The van der Waals surface area contributed by atoms with Gasteiger partial charge >= 0.3 is 0 Å². The van der Waals surface area contributed by atoms with Crippen LogP contribution in [0, 0.1) is 0 Å². The van der Waals surface area contributed by atoms with E-state index in [0.717, 1.165) is 17.7 Å². The Bertz CT molecular complexity index is 396. The molecule has 1 rings (SSSR count). The molecular formula is C15H19N. The van der Waals surface area contributed by atoms with Crippen molar-refractivity contribution >= 4 is 5.69 Å². The largest absolute Gasteiger partial charge is 0.388 e. The lowest BCUT2D eigenvalue weighted by Gasteiger charge is -2.07. The summed E-state index contributed by atoms with van der Waals surface area (Å²) in [7, 11) is 1.92. The normalized spacial score (nSPS) is 11.0. The molecule has 0 saturated carbocycles. The summed E-state index contributed by atoms with van der Waals surface area (Å²) in [6, 6.07) is 8.43. The van der Waals surface area contributed by atoms with Crippen LogP contribution in [0.3, 0.4) is 0 Å². The Hall–Kier alpha value is -1.76. The van der Waals surface area contributed by atoms with Gasteiger partial charge in [-0.15, -0.1) is 0 Å². The molecule has 0 radical (unpaired) electrons. The van der Waals surface area contributed by atoms with E-state index < -0.39 is 0 Å². The van der Waals surface area contributed by atoms with E-state index in [4.69, 9.17) is 0 Å². The molecule has 84 valence electrons. The topological polar surface area (TPSA) is 12.0 Å². The van der Waals surface area contributed by atoms with Crippen molar-refractivity contribution in [1.82, 2.24) is 0 Å². The number of rotatable bonds is 5. The maximum Gasteiger partial charge on any atom is 0.0337 e. The fraction of sp³-hybridized carbons (Fsp3) is 0.200. The van der Waals surface area contributed by atoms with Gasteiger partial charge in [-0.05, 0) is 36.6 Å². The SMILES string of the molecule is C=C/C=C(/Cc1ccc(NC)cc1)C(=C)C. The van der Waals surface area contributed by atoms with Crippen LogP contribution in [-0.2, 0) is 6.42 Å². The zero-order valence-electron chi connectivity index (χ0n) is 10.1. The summed E-state index contributed by atoms with van der Waals surface area (Å²) < 4.78 is 0. The summed E-state index contributed by atoms with van der Waals surface area (Å²) >= 11 is 0. The number of allylic oxidation sites excluding steroid dienone is 4. The van der Waals surface area contributed by atoms with Crippen LogP contribution in [0.5, 0.6) is 0 Å². The highest BCUT2D eigenvalue weighted by Gasteiger charge is 2.00. The quantitative estimate of drug-likeness (QED) is 0.730. The third-order valence-corrected chi connectivity index (χ3v) is 2.50. The van der Waals surface area contributed by atoms with Crippen molar-refractivity contribution in [2.45, 2.75) is 13.3 Å². The molecule has 0 spiro atoms. The Morgan fingerprint density at radius 3 is 2.38 bits per heavy atom. The molecule has 1 nitrogen and oxygen atoms in total. The van der Waals surface area contributed by atoms with Crippen molar-refractivity contribution in [1.29, 1.82) is 0 Å². The Morgan fingerprint density at radius 1 is 1.31 bits per heavy atom.